The number of fused-ring (bicyclic) bond motifs is 1. The van der Waals surface area contributed by atoms with Gasteiger partial charge in [0.2, 0.25) is 0 Å². The van der Waals surface area contributed by atoms with E-state index in [2.05, 4.69) is 39.5 Å². The molecule has 2 aliphatic rings. The molecule has 1 unspecified atom stereocenters. The van der Waals surface area contributed by atoms with E-state index in [1.54, 1.807) is 12.1 Å². The molecule has 30 heavy (non-hydrogen) atoms. The van der Waals surface area contributed by atoms with Gasteiger partial charge in [-0.1, -0.05) is 18.2 Å². The van der Waals surface area contributed by atoms with Crippen LogP contribution >= 0.6 is 0 Å². The van der Waals surface area contributed by atoms with E-state index in [9.17, 15) is 4.79 Å². The largest absolute Gasteiger partial charge is 0.459 e. The maximum Gasteiger partial charge on any atom is 0.287 e. The maximum absolute atomic E-state index is 12.1. The van der Waals surface area contributed by atoms with Crippen molar-refractivity contribution in [2.45, 2.75) is 43.9 Å². The van der Waals surface area contributed by atoms with Gasteiger partial charge in [-0.05, 0) is 55.5 Å². The van der Waals surface area contributed by atoms with E-state index >= 15 is 0 Å². The van der Waals surface area contributed by atoms with Crippen LogP contribution < -0.4 is 5.32 Å². The van der Waals surface area contributed by atoms with E-state index in [1.165, 1.54) is 17.2 Å². The van der Waals surface area contributed by atoms with Crippen LogP contribution in [-0.4, -0.2) is 47.1 Å². The van der Waals surface area contributed by atoms with Crippen molar-refractivity contribution in [2.24, 2.45) is 0 Å². The van der Waals surface area contributed by atoms with Crippen LogP contribution in [0.15, 0.2) is 59.3 Å². The SMILES string of the molecule is O=C(NCC1CCC2(CCN(Cc3ccc4cccnc4c3)CC2)O1)c1ccco1. The van der Waals surface area contributed by atoms with Crippen molar-refractivity contribution in [3.63, 3.8) is 0 Å². The lowest BCUT2D eigenvalue weighted by atomic mass is 9.88. The Bertz CT molecular complexity index is 1010. The lowest BCUT2D eigenvalue weighted by Crippen LogP contribution is -2.44. The van der Waals surface area contributed by atoms with Crippen molar-refractivity contribution in [1.29, 1.82) is 0 Å². The Morgan fingerprint density at radius 1 is 1.17 bits per heavy atom. The fraction of sp³-hybridized carbons (Fsp3) is 0.417. The molecule has 0 radical (unpaired) electrons. The number of carbonyl (C=O) groups excluding carboxylic acids is 1. The summed E-state index contributed by atoms with van der Waals surface area (Å²) >= 11 is 0. The van der Waals surface area contributed by atoms with Crippen molar-refractivity contribution < 1.29 is 13.9 Å². The highest BCUT2D eigenvalue weighted by Crippen LogP contribution is 2.39. The molecule has 3 aromatic rings. The Balaban J connectivity index is 1.11. The van der Waals surface area contributed by atoms with Gasteiger partial charge in [-0.25, -0.2) is 0 Å². The van der Waals surface area contributed by atoms with E-state index in [4.69, 9.17) is 9.15 Å². The molecule has 1 N–H and O–H groups in total. The van der Waals surface area contributed by atoms with Crippen molar-refractivity contribution in [1.82, 2.24) is 15.2 Å². The van der Waals surface area contributed by atoms with Gasteiger partial charge in [0.25, 0.3) is 5.91 Å². The number of aromatic nitrogens is 1. The molecule has 0 saturated carbocycles. The van der Waals surface area contributed by atoms with Gasteiger partial charge in [0.1, 0.15) is 0 Å². The van der Waals surface area contributed by atoms with E-state index in [-0.39, 0.29) is 17.6 Å². The highest BCUT2D eigenvalue weighted by Gasteiger charge is 2.42. The minimum absolute atomic E-state index is 0.0263. The molecule has 4 heterocycles. The molecular weight excluding hydrogens is 378 g/mol. The average molecular weight is 405 g/mol. The summed E-state index contributed by atoms with van der Waals surface area (Å²) in [7, 11) is 0. The summed E-state index contributed by atoms with van der Waals surface area (Å²) < 4.78 is 11.6. The molecule has 1 atom stereocenters. The number of benzene rings is 1. The summed E-state index contributed by atoms with van der Waals surface area (Å²) in [6.45, 7) is 3.55. The van der Waals surface area contributed by atoms with E-state index in [0.717, 1.165) is 50.8 Å². The van der Waals surface area contributed by atoms with Gasteiger partial charge in [-0.15, -0.1) is 0 Å². The molecule has 2 fully saturated rings. The van der Waals surface area contributed by atoms with Gasteiger partial charge in [-0.2, -0.15) is 0 Å². The summed E-state index contributed by atoms with van der Waals surface area (Å²) in [6, 6.07) is 14.0. The van der Waals surface area contributed by atoms with Crippen molar-refractivity contribution in [3.05, 3.63) is 66.2 Å². The highest BCUT2D eigenvalue weighted by molar-refractivity contribution is 5.91. The monoisotopic (exact) mass is 405 g/mol. The average Bonchev–Trinajstić information content (AvgIpc) is 3.45. The zero-order valence-electron chi connectivity index (χ0n) is 17.0. The molecule has 0 aliphatic carbocycles. The number of rotatable bonds is 5. The van der Waals surface area contributed by atoms with Crippen LogP contribution in [0.2, 0.25) is 0 Å². The van der Waals surface area contributed by atoms with Crippen LogP contribution in [0.5, 0.6) is 0 Å². The minimum atomic E-state index is -0.177. The smallest absolute Gasteiger partial charge is 0.287 e. The first-order valence-corrected chi connectivity index (χ1v) is 10.7. The molecule has 1 amide bonds. The third kappa shape index (κ3) is 4.11. The summed E-state index contributed by atoms with van der Waals surface area (Å²) in [5.74, 6) is 0.171. The summed E-state index contributed by atoms with van der Waals surface area (Å²) in [6.07, 6.45) is 7.60. The predicted octanol–water partition coefficient (Wildman–Crippen LogP) is 3.77. The van der Waals surface area contributed by atoms with Crippen LogP contribution in [0, 0.1) is 0 Å². The number of hydrogen-bond acceptors (Lipinski definition) is 5. The number of furan rings is 1. The third-order valence-corrected chi connectivity index (χ3v) is 6.42. The fourth-order valence-corrected chi connectivity index (χ4v) is 4.70. The van der Waals surface area contributed by atoms with Crippen LogP contribution in [0.3, 0.4) is 0 Å². The van der Waals surface area contributed by atoms with Crippen LogP contribution in [-0.2, 0) is 11.3 Å². The van der Waals surface area contributed by atoms with Gasteiger partial charge in [0.05, 0.1) is 23.5 Å². The highest BCUT2D eigenvalue weighted by atomic mass is 16.5. The van der Waals surface area contributed by atoms with Gasteiger partial charge in [0.15, 0.2) is 5.76 Å². The fourth-order valence-electron chi connectivity index (χ4n) is 4.70. The van der Waals surface area contributed by atoms with Gasteiger partial charge < -0.3 is 14.5 Å². The minimum Gasteiger partial charge on any atom is -0.459 e. The lowest BCUT2D eigenvalue weighted by Gasteiger charge is -2.39. The standard InChI is InChI=1S/C24H27N3O3/c28-23(22-4-2-14-29-22)26-16-20-7-8-24(30-20)9-12-27(13-10-24)17-18-5-6-19-3-1-11-25-21(19)15-18/h1-6,11,14-15,20H,7-10,12-13,16-17H2,(H,26,28). The molecular formula is C24H27N3O3. The number of amides is 1. The molecule has 6 nitrogen and oxygen atoms in total. The molecule has 1 aromatic carbocycles. The number of carbonyl (C=O) groups is 1. The zero-order valence-corrected chi connectivity index (χ0v) is 17.0. The van der Waals surface area contributed by atoms with Crippen molar-refractivity contribution in [3.8, 4) is 0 Å². The van der Waals surface area contributed by atoms with E-state index < -0.39 is 0 Å². The first kappa shape index (κ1) is 19.3. The number of nitrogens with one attached hydrogen (secondary N) is 1. The Morgan fingerprint density at radius 3 is 2.90 bits per heavy atom. The number of pyridine rings is 1. The van der Waals surface area contributed by atoms with Crippen molar-refractivity contribution in [2.75, 3.05) is 19.6 Å². The Hall–Kier alpha value is -2.70. The molecule has 156 valence electrons. The second kappa shape index (κ2) is 8.20. The first-order chi connectivity index (χ1) is 14.7. The summed E-state index contributed by atoms with van der Waals surface area (Å²) in [4.78, 5) is 19.0. The zero-order chi connectivity index (χ0) is 20.4. The number of ether oxygens (including phenoxy) is 1. The molecule has 2 aliphatic heterocycles. The first-order valence-electron chi connectivity index (χ1n) is 10.7. The van der Waals surface area contributed by atoms with Crippen LogP contribution in [0.25, 0.3) is 10.9 Å². The third-order valence-electron chi connectivity index (χ3n) is 6.42. The Morgan fingerprint density at radius 2 is 2.07 bits per heavy atom. The molecule has 2 saturated heterocycles. The predicted molar refractivity (Wildman–Crippen MR) is 114 cm³/mol. The lowest BCUT2D eigenvalue weighted by molar-refractivity contribution is -0.0764. The second-order valence-corrected chi connectivity index (χ2v) is 8.46. The number of piperidine rings is 1. The number of nitrogens with zero attached hydrogens (tertiary/aromatic N) is 2. The number of hydrogen-bond donors (Lipinski definition) is 1. The van der Waals surface area contributed by atoms with E-state index in [1.807, 2.05) is 12.3 Å². The van der Waals surface area contributed by atoms with E-state index in [0.29, 0.717) is 12.3 Å². The molecule has 1 spiro atoms. The summed E-state index contributed by atoms with van der Waals surface area (Å²) in [5, 5.41) is 4.11. The molecule has 5 rings (SSSR count). The maximum atomic E-state index is 12.1. The normalized spacial score (nSPS) is 21.3. The quantitative estimate of drug-likeness (QED) is 0.700. The van der Waals surface area contributed by atoms with Crippen molar-refractivity contribution >= 4 is 16.8 Å². The Labute approximate surface area is 176 Å². The van der Waals surface area contributed by atoms with Gasteiger partial charge >= 0.3 is 0 Å². The molecule has 0 bridgehead atoms. The van der Waals surface area contributed by atoms with Crippen LogP contribution in [0.4, 0.5) is 0 Å². The molecule has 6 heteroatoms. The Kier molecular flexibility index (Phi) is 5.27. The van der Waals surface area contributed by atoms with Gasteiger partial charge in [0, 0.05) is 37.8 Å². The van der Waals surface area contributed by atoms with Gasteiger partial charge in [-0.3, -0.25) is 14.7 Å². The number of likely N-dealkylation sites (tertiary alicyclic amines) is 1. The topological polar surface area (TPSA) is 67.6 Å². The van der Waals surface area contributed by atoms with Crippen LogP contribution in [0.1, 0.15) is 41.8 Å². The second-order valence-electron chi connectivity index (χ2n) is 8.46. The summed E-state index contributed by atoms with van der Waals surface area (Å²) in [5.41, 5.74) is 2.34. The molecule has 2 aromatic heterocycles.